The SMILES string of the molecule is CCCCCCCCCCCCCCCC/C=C/C(O)C(CO)NC(=O)CCCCCCCCCCCCCCCCCCC/C=C\CCCCCCCCCCCCCCCCCCOC(=O)CCCCCCCCCCCCCCCCC. The van der Waals surface area contributed by atoms with Crippen molar-refractivity contribution in [3.8, 4) is 0 Å². The van der Waals surface area contributed by atoms with Gasteiger partial charge < -0.3 is 20.3 Å². The number of hydrogen-bond donors (Lipinski definition) is 3. The summed E-state index contributed by atoms with van der Waals surface area (Å²) in [5.41, 5.74) is 0. The summed E-state index contributed by atoms with van der Waals surface area (Å²) in [7, 11) is 0. The zero-order chi connectivity index (χ0) is 61.3. The fourth-order valence-corrected chi connectivity index (χ4v) is 12.5. The molecule has 2 unspecified atom stereocenters. The maximum Gasteiger partial charge on any atom is 0.305 e. The van der Waals surface area contributed by atoms with E-state index in [0.717, 1.165) is 38.5 Å². The molecule has 0 rings (SSSR count). The lowest BCUT2D eigenvalue weighted by Crippen LogP contribution is -2.45. The minimum atomic E-state index is -0.841. The van der Waals surface area contributed by atoms with Crippen molar-refractivity contribution in [1.29, 1.82) is 0 Å². The van der Waals surface area contributed by atoms with Crippen LogP contribution < -0.4 is 5.32 Å². The number of allylic oxidation sites excluding steroid dienone is 3. The van der Waals surface area contributed by atoms with Crippen LogP contribution in [0.25, 0.3) is 0 Å². The zero-order valence-corrected chi connectivity index (χ0v) is 57.9. The number of esters is 1. The molecule has 0 saturated carbocycles. The van der Waals surface area contributed by atoms with E-state index in [0.29, 0.717) is 19.4 Å². The highest BCUT2D eigenvalue weighted by Gasteiger charge is 2.18. The van der Waals surface area contributed by atoms with E-state index < -0.39 is 12.1 Å². The van der Waals surface area contributed by atoms with Gasteiger partial charge in [0.1, 0.15) is 0 Å². The molecule has 0 saturated heterocycles. The Morgan fingerprint density at radius 1 is 0.318 bits per heavy atom. The highest BCUT2D eigenvalue weighted by molar-refractivity contribution is 5.76. The number of rotatable bonds is 74. The Labute approximate surface area is 532 Å². The predicted octanol–water partition coefficient (Wildman–Crippen LogP) is 25.7. The molecule has 6 nitrogen and oxygen atoms in total. The topological polar surface area (TPSA) is 95.9 Å². The average molecular weight is 1200 g/mol. The highest BCUT2D eigenvalue weighted by atomic mass is 16.5. The van der Waals surface area contributed by atoms with Gasteiger partial charge >= 0.3 is 5.97 Å². The Kier molecular flexibility index (Phi) is 73.3. The van der Waals surface area contributed by atoms with Crippen molar-refractivity contribution in [3.05, 3.63) is 24.3 Å². The van der Waals surface area contributed by atoms with E-state index in [9.17, 15) is 19.8 Å². The molecule has 3 N–H and O–H groups in total. The lowest BCUT2D eigenvalue weighted by molar-refractivity contribution is -0.143. The molecule has 1 amide bonds. The number of amides is 1. The normalized spacial score (nSPS) is 12.6. The molecule has 0 aliphatic rings. The van der Waals surface area contributed by atoms with E-state index in [4.69, 9.17) is 4.74 Å². The van der Waals surface area contributed by atoms with E-state index in [2.05, 4.69) is 31.3 Å². The van der Waals surface area contributed by atoms with E-state index in [1.165, 1.54) is 379 Å². The van der Waals surface area contributed by atoms with Gasteiger partial charge in [0, 0.05) is 12.8 Å². The Bertz CT molecular complexity index is 1330. The average Bonchev–Trinajstić information content (AvgIpc) is 3.51. The molecule has 0 aliphatic heterocycles. The van der Waals surface area contributed by atoms with Gasteiger partial charge in [-0.25, -0.2) is 0 Å². The van der Waals surface area contributed by atoms with Gasteiger partial charge in [-0.1, -0.05) is 398 Å². The fraction of sp³-hybridized carbons (Fsp3) is 0.924. The van der Waals surface area contributed by atoms with Crippen LogP contribution in [0.2, 0.25) is 0 Å². The molecule has 0 bridgehead atoms. The third kappa shape index (κ3) is 71.3. The van der Waals surface area contributed by atoms with Crippen molar-refractivity contribution < 1.29 is 24.5 Å². The van der Waals surface area contributed by atoms with Gasteiger partial charge in [0.2, 0.25) is 5.91 Å². The predicted molar refractivity (Wildman–Crippen MR) is 375 cm³/mol. The summed E-state index contributed by atoms with van der Waals surface area (Å²) in [5.74, 6) is -0.0356. The number of nitrogens with one attached hydrogen (secondary N) is 1. The third-order valence-corrected chi connectivity index (χ3v) is 18.5. The Balaban J connectivity index is 3.33. The molecular formula is C79H153NO5. The quantitative estimate of drug-likeness (QED) is 0.0320. The van der Waals surface area contributed by atoms with Crippen LogP contribution in [0.1, 0.15) is 444 Å². The van der Waals surface area contributed by atoms with Crippen molar-refractivity contribution in [3.63, 3.8) is 0 Å². The molecule has 2 atom stereocenters. The Morgan fingerprint density at radius 3 is 0.835 bits per heavy atom. The molecule has 0 heterocycles. The first-order valence-electron chi connectivity index (χ1n) is 39.1. The number of carbonyl (C=O) groups excluding carboxylic acids is 2. The second-order valence-corrected chi connectivity index (χ2v) is 27.0. The molecule has 504 valence electrons. The molecule has 0 aromatic heterocycles. The van der Waals surface area contributed by atoms with Gasteiger partial charge in [-0.3, -0.25) is 9.59 Å². The van der Waals surface area contributed by atoms with Crippen molar-refractivity contribution in [1.82, 2.24) is 5.32 Å². The van der Waals surface area contributed by atoms with Crippen molar-refractivity contribution in [2.24, 2.45) is 0 Å². The van der Waals surface area contributed by atoms with Gasteiger partial charge in [-0.2, -0.15) is 0 Å². The van der Waals surface area contributed by atoms with Gasteiger partial charge in [0.15, 0.2) is 0 Å². The van der Waals surface area contributed by atoms with Crippen LogP contribution in [-0.2, 0) is 14.3 Å². The molecule has 85 heavy (non-hydrogen) atoms. The number of aliphatic hydroxyl groups is 2. The zero-order valence-electron chi connectivity index (χ0n) is 57.9. The fourth-order valence-electron chi connectivity index (χ4n) is 12.5. The van der Waals surface area contributed by atoms with Gasteiger partial charge in [0.05, 0.1) is 25.4 Å². The monoisotopic (exact) mass is 1200 g/mol. The maximum atomic E-state index is 12.5. The minimum absolute atomic E-state index is 0.0250. The lowest BCUT2D eigenvalue weighted by Gasteiger charge is -2.20. The first kappa shape index (κ1) is 83.3. The van der Waals surface area contributed by atoms with Crippen molar-refractivity contribution >= 4 is 11.9 Å². The smallest absolute Gasteiger partial charge is 0.305 e. The number of carbonyl (C=O) groups is 2. The van der Waals surface area contributed by atoms with E-state index >= 15 is 0 Å². The van der Waals surface area contributed by atoms with Crippen LogP contribution in [0.15, 0.2) is 24.3 Å². The standard InChI is InChI=1S/C79H153NO5/c1-3-5-7-9-11-13-15-17-19-44-47-51-55-59-63-67-71-77(82)76(75-81)80-78(83)72-68-64-60-56-52-48-45-41-39-37-35-33-31-29-27-25-23-21-20-22-24-26-28-30-32-34-36-38-40-42-46-50-54-58-62-66-70-74-85-79(84)73-69-65-61-57-53-49-43-18-16-14-12-10-8-6-4-2/h20,22,67,71,76-77,81-82H,3-19,21,23-66,68-70,72-75H2,1-2H3,(H,80,83)/b22-20-,71-67+. The Morgan fingerprint density at radius 2 is 0.553 bits per heavy atom. The number of ether oxygens (including phenoxy) is 1. The van der Waals surface area contributed by atoms with Crippen LogP contribution in [-0.4, -0.2) is 47.4 Å². The minimum Gasteiger partial charge on any atom is -0.466 e. The largest absolute Gasteiger partial charge is 0.466 e. The third-order valence-electron chi connectivity index (χ3n) is 18.5. The first-order chi connectivity index (χ1) is 42.0. The highest BCUT2D eigenvalue weighted by Crippen LogP contribution is 2.20. The van der Waals surface area contributed by atoms with Crippen LogP contribution in [0.4, 0.5) is 0 Å². The first-order valence-corrected chi connectivity index (χ1v) is 39.1. The van der Waals surface area contributed by atoms with E-state index in [1.807, 2.05) is 6.08 Å². The number of hydrogen-bond acceptors (Lipinski definition) is 5. The lowest BCUT2D eigenvalue weighted by atomic mass is 10.0. The molecule has 0 spiro atoms. The van der Waals surface area contributed by atoms with Crippen molar-refractivity contribution in [2.45, 2.75) is 456 Å². The van der Waals surface area contributed by atoms with E-state index in [1.54, 1.807) is 6.08 Å². The molecule has 0 fully saturated rings. The molecule has 6 heteroatoms. The van der Waals surface area contributed by atoms with Crippen LogP contribution in [0, 0.1) is 0 Å². The summed E-state index contributed by atoms with van der Waals surface area (Å²) >= 11 is 0. The Hall–Kier alpha value is -1.66. The second kappa shape index (κ2) is 74.8. The van der Waals surface area contributed by atoms with E-state index in [-0.39, 0.29) is 18.5 Å². The van der Waals surface area contributed by atoms with Crippen LogP contribution in [0.3, 0.4) is 0 Å². The summed E-state index contributed by atoms with van der Waals surface area (Å²) in [6, 6.07) is -0.624. The second-order valence-electron chi connectivity index (χ2n) is 27.0. The summed E-state index contributed by atoms with van der Waals surface area (Å²) < 4.78 is 5.51. The van der Waals surface area contributed by atoms with Gasteiger partial charge in [0.25, 0.3) is 0 Å². The van der Waals surface area contributed by atoms with Gasteiger partial charge in [-0.05, 0) is 57.8 Å². The molecule has 0 radical (unpaired) electrons. The summed E-state index contributed by atoms with van der Waals surface area (Å²) in [4.78, 5) is 24.6. The van der Waals surface area contributed by atoms with Crippen LogP contribution in [0.5, 0.6) is 0 Å². The molecular weight excluding hydrogens is 1040 g/mol. The number of aliphatic hydroxyl groups excluding tert-OH is 2. The maximum absolute atomic E-state index is 12.5. The van der Waals surface area contributed by atoms with Crippen LogP contribution >= 0.6 is 0 Å². The van der Waals surface area contributed by atoms with Gasteiger partial charge in [-0.15, -0.1) is 0 Å². The summed E-state index contributed by atoms with van der Waals surface area (Å²) in [6.07, 6.45) is 95.9. The summed E-state index contributed by atoms with van der Waals surface area (Å²) in [5, 5.41) is 23.2. The molecule has 0 aliphatic carbocycles. The molecule has 0 aromatic carbocycles. The summed E-state index contributed by atoms with van der Waals surface area (Å²) in [6.45, 7) is 4.95. The molecule has 0 aromatic rings. The number of unbranched alkanes of at least 4 members (excludes halogenated alkanes) is 61. The van der Waals surface area contributed by atoms with Crippen molar-refractivity contribution in [2.75, 3.05) is 13.2 Å².